The maximum absolute atomic E-state index is 12.6. The van der Waals surface area contributed by atoms with Crippen molar-refractivity contribution in [3.05, 3.63) is 51.2 Å². The Morgan fingerprint density at radius 3 is 2.64 bits per heavy atom. The highest BCUT2D eigenvalue weighted by molar-refractivity contribution is 7.89. The lowest BCUT2D eigenvalue weighted by Crippen LogP contribution is -2.26. The van der Waals surface area contributed by atoms with Crippen LogP contribution >= 0.6 is 22.9 Å². The molecule has 0 aliphatic carbocycles. The molecule has 2 aromatic rings. The van der Waals surface area contributed by atoms with E-state index in [1.54, 1.807) is 12.1 Å². The van der Waals surface area contributed by atoms with Crippen LogP contribution in [0.5, 0.6) is 0 Å². The molecule has 118 valence electrons. The molecule has 5 nitrogen and oxygen atoms in total. The third-order valence-corrected chi connectivity index (χ3v) is 5.99. The second kappa shape index (κ2) is 6.78. The van der Waals surface area contributed by atoms with Gasteiger partial charge in [0.05, 0.1) is 21.9 Å². The van der Waals surface area contributed by atoms with Gasteiger partial charge in [-0.1, -0.05) is 17.7 Å². The number of hydrogen-bond acceptors (Lipinski definition) is 5. The lowest BCUT2D eigenvalue weighted by atomic mass is 10.2. The Kier molecular flexibility index (Phi) is 5.23. The van der Waals surface area contributed by atoms with Crippen LogP contribution in [0, 0.1) is 0 Å². The highest BCUT2D eigenvalue weighted by Crippen LogP contribution is 2.25. The summed E-state index contributed by atoms with van der Waals surface area (Å²) < 4.78 is 31.5. The van der Waals surface area contributed by atoms with Crippen molar-refractivity contribution < 1.29 is 17.9 Å². The maximum Gasteiger partial charge on any atom is 0.337 e. The summed E-state index contributed by atoms with van der Waals surface area (Å²) in [6.07, 6.45) is 0. The highest BCUT2D eigenvalue weighted by Gasteiger charge is 2.22. The van der Waals surface area contributed by atoms with Gasteiger partial charge in [-0.15, -0.1) is 11.3 Å². The van der Waals surface area contributed by atoms with E-state index in [0.717, 1.165) is 4.88 Å². The summed E-state index contributed by atoms with van der Waals surface area (Å²) in [5.74, 6) is -0.579. The number of nitrogens with zero attached hydrogens (tertiary/aromatic N) is 1. The summed E-state index contributed by atoms with van der Waals surface area (Å²) in [6, 6.07) is 9.27. The van der Waals surface area contributed by atoms with E-state index in [1.807, 2.05) is 0 Å². The van der Waals surface area contributed by atoms with Gasteiger partial charge in [0.2, 0.25) is 10.0 Å². The minimum Gasteiger partial charge on any atom is -0.465 e. The Morgan fingerprint density at radius 2 is 2.05 bits per heavy atom. The van der Waals surface area contributed by atoms with E-state index in [2.05, 4.69) is 4.74 Å². The second-order valence-electron chi connectivity index (χ2n) is 4.49. The number of halogens is 1. The molecule has 0 bridgehead atoms. The molecular formula is C14H14ClNO4S2. The van der Waals surface area contributed by atoms with E-state index in [9.17, 15) is 13.2 Å². The molecule has 0 aliphatic heterocycles. The van der Waals surface area contributed by atoms with E-state index < -0.39 is 16.0 Å². The number of benzene rings is 1. The quantitative estimate of drug-likeness (QED) is 0.770. The molecule has 1 heterocycles. The van der Waals surface area contributed by atoms with Crippen molar-refractivity contribution in [2.45, 2.75) is 11.4 Å². The molecule has 0 saturated heterocycles. The van der Waals surface area contributed by atoms with Gasteiger partial charge in [0.15, 0.2) is 0 Å². The molecule has 0 saturated carbocycles. The molecule has 0 atom stereocenters. The first-order chi connectivity index (χ1) is 10.3. The Hall–Kier alpha value is -1.41. The number of carbonyl (C=O) groups excluding carboxylic acids is 1. The summed E-state index contributed by atoms with van der Waals surface area (Å²) in [7, 11) is -0.977. The predicted molar refractivity (Wildman–Crippen MR) is 85.8 cm³/mol. The average molecular weight is 360 g/mol. The normalized spacial score (nSPS) is 11.6. The maximum atomic E-state index is 12.6. The fraction of sp³-hybridized carbons (Fsp3) is 0.214. The van der Waals surface area contributed by atoms with Gasteiger partial charge in [0, 0.05) is 18.5 Å². The van der Waals surface area contributed by atoms with Gasteiger partial charge in [-0.25, -0.2) is 13.2 Å². The molecule has 22 heavy (non-hydrogen) atoms. The standard InChI is InChI=1S/C14H14ClNO4S2/c1-16(9-11-6-7-13(15)21-11)22(18,19)12-5-3-4-10(8-12)14(17)20-2/h3-8H,9H2,1-2H3. The zero-order valence-corrected chi connectivity index (χ0v) is 14.3. The first-order valence-electron chi connectivity index (χ1n) is 6.23. The smallest absolute Gasteiger partial charge is 0.337 e. The van der Waals surface area contributed by atoms with Crippen molar-refractivity contribution >= 4 is 38.9 Å². The molecular weight excluding hydrogens is 346 g/mol. The molecule has 8 heteroatoms. The van der Waals surface area contributed by atoms with Crippen molar-refractivity contribution in [3.8, 4) is 0 Å². The Bertz CT molecular complexity index is 786. The van der Waals surface area contributed by atoms with Crippen LogP contribution in [0.4, 0.5) is 0 Å². The van der Waals surface area contributed by atoms with E-state index in [-0.39, 0.29) is 17.0 Å². The molecule has 1 aromatic heterocycles. The van der Waals surface area contributed by atoms with Crippen LogP contribution in [0.15, 0.2) is 41.3 Å². The summed E-state index contributed by atoms with van der Waals surface area (Å²) in [6.45, 7) is 0.210. The van der Waals surface area contributed by atoms with E-state index in [4.69, 9.17) is 11.6 Å². The monoisotopic (exact) mass is 359 g/mol. The molecule has 0 amide bonds. The molecule has 1 aromatic carbocycles. The first kappa shape index (κ1) is 17.0. The summed E-state index contributed by atoms with van der Waals surface area (Å²) >= 11 is 7.17. The van der Waals surface area contributed by atoms with Crippen LogP contribution in [-0.2, 0) is 21.3 Å². The van der Waals surface area contributed by atoms with Crippen molar-refractivity contribution in [3.63, 3.8) is 0 Å². The highest BCUT2D eigenvalue weighted by atomic mass is 35.5. The number of carbonyl (C=O) groups is 1. The third kappa shape index (κ3) is 3.67. The van der Waals surface area contributed by atoms with Crippen LogP contribution in [-0.4, -0.2) is 32.8 Å². The van der Waals surface area contributed by atoms with E-state index in [0.29, 0.717) is 4.34 Å². The van der Waals surface area contributed by atoms with Crippen LogP contribution in [0.1, 0.15) is 15.2 Å². The third-order valence-electron chi connectivity index (χ3n) is 2.97. The van der Waals surface area contributed by atoms with Gasteiger partial charge in [0.25, 0.3) is 0 Å². The lowest BCUT2D eigenvalue weighted by molar-refractivity contribution is 0.0600. The molecule has 0 spiro atoms. The molecule has 0 aliphatic rings. The van der Waals surface area contributed by atoms with E-state index in [1.165, 1.54) is 54.1 Å². The molecule has 0 radical (unpaired) electrons. The number of thiophene rings is 1. The number of sulfonamides is 1. The largest absolute Gasteiger partial charge is 0.465 e. The van der Waals surface area contributed by atoms with Gasteiger partial charge in [-0.05, 0) is 30.3 Å². The topological polar surface area (TPSA) is 63.7 Å². The number of esters is 1. The zero-order valence-electron chi connectivity index (χ0n) is 11.9. The zero-order chi connectivity index (χ0) is 16.3. The SMILES string of the molecule is COC(=O)c1cccc(S(=O)(=O)N(C)Cc2ccc(Cl)s2)c1. The van der Waals surface area contributed by atoms with Crippen molar-refractivity contribution in [2.24, 2.45) is 0 Å². The number of hydrogen-bond donors (Lipinski definition) is 0. The number of methoxy groups -OCH3 is 1. The van der Waals surface area contributed by atoms with Gasteiger partial charge in [-0.2, -0.15) is 4.31 Å². The van der Waals surface area contributed by atoms with E-state index >= 15 is 0 Å². The Morgan fingerprint density at radius 1 is 1.32 bits per heavy atom. The molecule has 0 N–H and O–H groups in total. The Labute approximate surface area is 138 Å². The predicted octanol–water partition coefficient (Wildman–Crippen LogP) is 3.01. The first-order valence-corrected chi connectivity index (χ1v) is 8.87. The molecule has 2 rings (SSSR count). The van der Waals surface area contributed by atoms with Gasteiger partial charge in [0.1, 0.15) is 0 Å². The second-order valence-corrected chi connectivity index (χ2v) is 8.33. The average Bonchev–Trinajstić information content (AvgIpc) is 2.91. The van der Waals surface area contributed by atoms with Crippen LogP contribution in [0.25, 0.3) is 0 Å². The summed E-state index contributed by atoms with van der Waals surface area (Å²) in [5.41, 5.74) is 0.191. The lowest BCUT2D eigenvalue weighted by Gasteiger charge is -2.16. The van der Waals surface area contributed by atoms with Crippen molar-refractivity contribution in [1.82, 2.24) is 4.31 Å². The fourth-order valence-electron chi connectivity index (χ4n) is 1.82. The van der Waals surface area contributed by atoms with Crippen molar-refractivity contribution in [2.75, 3.05) is 14.2 Å². The molecule has 0 unspecified atom stereocenters. The fourth-order valence-corrected chi connectivity index (χ4v) is 4.24. The minimum absolute atomic E-state index is 0.0422. The Balaban J connectivity index is 2.27. The molecule has 0 fully saturated rings. The van der Waals surface area contributed by atoms with Gasteiger partial charge < -0.3 is 4.74 Å². The minimum atomic E-state index is -3.70. The van der Waals surface area contributed by atoms with Gasteiger partial charge in [-0.3, -0.25) is 0 Å². The van der Waals surface area contributed by atoms with Crippen LogP contribution < -0.4 is 0 Å². The van der Waals surface area contributed by atoms with Crippen LogP contribution in [0.3, 0.4) is 0 Å². The van der Waals surface area contributed by atoms with Gasteiger partial charge >= 0.3 is 5.97 Å². The number of ether oxygens (including phenoxy) is 1. The van der Waals surface area contributed by atoms with Crippen LogP contribution in [0.2, 0.25) is 4.34 Å². The van der Waals surface area contributed by atoms with Crippen molar-refractivity contribution in [1.29, 1.82) is 0 Å². The summed E-state index contributed by atoms with van der Waals surface area (Å²) in [4.78, 5) is 12.4. The number of rotatable bonds is 5. The summed E-state index contributed by atoms with van der Waals surface area (Å²) in [5, 5.41) is 0.